The Bertz CT molecular complexity index is 354. The average molecular weight is 256 g/mol. The van der Waals surface area contributed by atoms with E-state index in [-0.39, 0.29) is 6.10 Å². The fourth-order valence-corrected chi connectivity index (χ4v) is 1.84. The van der Waals surface area contributed by atoms with Gasteiger partial charge in [-0.2, -0.15) is 0 Å². The largest absolute Gasteiger partial charge is 0.489 e. The molecule has 0 saturated heterocycles. The minimum atomic E-state index is 0.199. The standard InChI is InChI=1S/C14H22ClNO/c1-5-10(3)17-14-8-7-12(9-13(14)15)11(4)16-6-2/h7-11,16H,5-6H2,1-4H3. The molecule has 0 radical (unpaired) electrons. The summed E-state index contributed by atoms with van der Waals surface area (Å²) in [4.78, 5) is 0. The third-order valence-corrected chi connectivity index (χ3v) is 3.16. The number of halogens is 1. The third kappa shape index (κ3) is 4.21. The topological polar surface area (TPSA) is 21.3 Å². The number of ether oxygens (including phenoxy) is 1. The molecule has 0 heterocycles. The van der Waals surface area contributed by atoms with Gasteiger partial charge in [0.05, 0.1) is 11.1 Å². The summed E-state index contributed by atoms with van der Waals surface area (Å²) in [6.45, 7) is 9.32. The first-order valence-corrected chi connectivity index (χ1v) is 6.65. The van der Waals surface area contributed by atoms with Gasteiger partial charge in [-0.1, -0.05) is 31.5 Å². The summed E-state index contributed by atoms with van der Waals surface area (Å²) in [5.41, 5.74) is 1.19. The molecular formula is C14H22ClNO. The fourth-order valence-electron chi connectivity index (χ4n) is 1.61. The fraction of sp³-hybridized carbons (Fsp3) is 0.571. The molecule has 96 valence electrons. The normalized spacial score (nSPS) is 14.4. The van der Waals surface area contributed by atoms with Crippen LogP contribution in [-0.4, -0.2) is 12.6 Å². The van der Waals surface area contributed by atoms with Gasteiger partial charge in [-0.25, -0.2) is 0 Å². The van der Waals surface area contributed by atoms with Gasteiger partial charge in [0.15, 0.2) is 0 Å². The van der Waals surface area contributed by atoms with Gasteiger partial charge in [-0.15, -0.1) is 0 Å². The molecule has 1 aromatic carbocycles. The van der Waals surface area contributed by atoms with E-state index in [1.54, 1.807) is 0 Å². The van der Waals surface area contributed by atoms with Crippen LogP contribution in [0.5, 0.6) is 5.75 Å². The van der Waals surface area contributed by atoms with E-state index in [1.165, 1.54) is 5.56 Å². The molecule has 3 heteroatoms. The van der Waals surface area contributed by atoms with Crippen molar-refractivity contribution in [1.82, 2.24) is 5.32 Å². The summed E-state index contributed by atoms with van der Waals surface area (Å²) in [7, 11) is 0. The van der Waals surface area contributed by atoms with E-state index < -0.39 is 0 Å². The molecule has 0 aromatic heterocycles. The highest BCUT2D eigenvalue weighted by Gasteiger charge is 2.09. The Morgan fingerprint density at radius 1 is 1.29 bits per heavy atom. The van der Waals surface area contributed by atoms with Crippen LogP contribution in [0, 0.1) is 0 Å². The van der Waals surface area contributed by atoms with Gasteiger partial charge in [0.2, 0.25) is 0 Å². The van der Waals surface area contributed by atoms with Crippen molar-refractivity contribution in [2.24, 2.45) is 0 Å². The summed E-state index contributed by atoms with van der Waals surface area (Å²) in [6.07, 6.45) is 1.18. The maximum Gasteiger partial charge on any atom is 0.138 e. The number of benzene rings is 1. The monoisotopic (exact) mass is 255 g/mol. The maximum atomic E-state index is 6.22. The van der Waals surface area contributed by atoms with Gasteiger partial charge in [-0.3, -0.25) is 0 Å². The summed E-state index contributed by atoms with van der Waals surface area (Å²) < 4.78 is 5.74. The first kappa shape index (κ1) is 14.3. The molecule has 2 atom stereocenters. The van der Waals surface area contributed by atoms with E-state index in [0.29, 0.717) is 11.1 Å². The predicted molar refractivity (Wildman–Crippen MR) is 73.9 cm³/mol. The smallest absolute Gasteiger partial charge is 0.138 e. The zero-order valence-electron chi connectivity index (χ0n) is 11.1. The number of hydrogen-bond acceptors (Lipinski definition) is 2. The number of rotatable bonds is 6. The van der Waals surface area contributed by atoms with Gasteiger partial charge in [0.1, 0.15) is 5.75 Å². The van der Waals surface area contributed by atoms with Crippen LogP contribution in [0.1, 0.15) is 45.7 Å². The summed E-state index contributed by atoms with van der Waals surface area (Å²) in [6, 6.07) is 6.32. The summed E-state index contributed by atoms with van der Waals surface area (Å²) >= 11 is 6.22. The molecule has 2 unspecified atom stereocenters. The van der Waals surface area contributed by atoms with Crippen LogP contribution in [0.4, 0.5) is 0 Å². The summed E-state index contributed by atoms with van der Waals surface area (Å²) in [5.74, 6) is 0.772. The lowest BCUT2D eigenvalue weighted by Gasteiger charge is -2.17. The zero-order valence-corrected chi connectivity index (χ0v) is 11.8. The number of hydrogen-bond donors (Lipinski definition) is 1. The molecule has 0 spiro atoms. The molecule has 0 saturated carbocycles. The van der Waals surface area contributed by atoms with Gasteiger partial charge < -0.3 is 10.1 Å². The van der Waals surface area contributed by atoms with Crippen molar-refractivity contribution in [3.63, 3.8) is 0 Å². The van der Waals surface area contributed by atoms with Crippen molar-refractivity contribution in [2.75, 3.05) is 6.54 Å². The van der Waals surface area contributed by atoms with Crippen LogP contribution >= 0.6 is 11.6 Å². The van der Waals surface area contributed by atoms with Crippen LogP contribution in [0.25, 0.3) is 0 Å². The lowest BCUT2D eigenvalue weighted by Crippen LogP contribution is -2.17. The van der Waals surface area contributed by atoms with Crippen molar-refractivity contribution in [3.8, 4) is 5.75 Å². The predicted octanol–water partition coefficient (Wildman–Crippen LogP) is 4.19. The first-order chi connectivity index (χ1) is 8.08. The molecular weight excluding hydrogens is 234 g/mol. The molecule has 0 aliphatic heterocycles. The Hall–Kier alpha value is -0.730. The quantitative estimate of drug-likeness (QED) is 0.823. The van der Waals surface area contributed by atoms with E-state index >= 15 is 0 Å². The van der Waals surface area contributed by atoms with E-state index in [2.05, 4.69) is 32.2 Å². The molecule has 2 nitrogen and oxygen atoms in total. The van der Waals surface area contributed by atoms with Crippen LogP contribution in [0.3, 0.4) is 0 Å². The van der Waals surface area contributed by atoms with Crippen molar-refractivity contribution in [3.05, 3.63) is 28.8 Å². The zero-order chi connectivity index (χ0) is 12.8. The van der Waals surface area contributed by atoms with Gasteiger partial charge in [0, 0.05) is 6.04 Å². The number of nitrogens with one attached hydrogen (secondary N) is 1. The van der Waals surface area contributed by atoms with Crippen molar-refractivity contribution in [2.45, 2.75) is 46.3 Å². The maximum absolute atomic E-state index is 6.22. The van der Waals surface area contributed by atoms with E-state index in [0.717, 1.165) is 18.7 Å². The minimum Gasteiger partial charge on any atom is -0.489 e. The van der Waals surface area contributed by atoms with Crippen LogP contribution in [0.15, 0.2) is 18.2 Å². The molecule has 17 heavy (non-hydrogen) atoms. The third-order valence-electron chi connectivity index (χ3n) is 2.87. The highest BCUT2D eigenvalue weighted by Crippen LogP contribution is 2.28. The lowest BCUT2D eigenvalue weighted by molar-refractivity contribution is 0.217. The lowest BCUT2D eigenvalue weighted by atomic mass is 10.1. The van der Waals surface area contributed by atoms with Gasteiger partial charge in [0.25, 0.3) is 0 Å². The molecule has 1 aromatic rings. The Balaban J connectivity index is 2.78. The Morgan fingerprint density at radius 2 is 2.00 bits per heavy atom. The van der Waals surface area contributed by atoms with Crippen molar-refractivity contribution >= 4 is 11.6 Å². The van der Waals surface area contributed by atoms with Crippen LogP contribution in [0.2, 0.25) is 5.02 Å². The second kappa shape index (κ2) is 6.87. The molecule has 1 N–H and O–H groups in total. The average Bonchev–Trinajstić information content (AvgIpc) is 2.31. The first-order valence-electron chi connectivity index (χ1n) is 6.27. The van der Waals surface area contributed by atoms with Crippen LogP contribution in [-0.2, 0) is 0 Å². The molecule has 0 bridgehead atoms. The second-order valence-electron chi connectivity index (χ2n) is 4.31. The van der Waals surface area contributed by atoms with Gasteiger partial charge in [-0.05, 0) is 44.5 Å². The van der Waals surface area contributed by atoms with Crippen LogP contribution < -0.4 is 10.1 Å². The van der Waals surface area contributed by atoms with Gasteiger partial charge >= 0.3 is 0 Å². The molecule has 0 amide bonds. The Kier molecular flexibility index (Phi) is 5.79. The SMILES string of the molecule is CCNC(C)c1ccc(OC(C)CC)c(Cl)c1. The van der Waals surface area contributed by atoms with E-state index in [1.807, 2.05) is 19.1 Å². The molecule has 0 aliphatic carbocycles. The molecule has 0 aliphatic rings. The van der Waals surface area contributed by atoms with E-state index in [9.17, 15) is 0 Å². The highest BCUT2D eigenvalue weighted by atomic mass is 35.5. The second-order valence-corrected chi connectivity index (χ2v) is 4.71. The summed E-state index contributed by atoms with van der Waals surface area (Å²) in [5, 5.41) is 4.05. The molecule has 1 rings (SSSR count). The van der Waals surface area contributed by atoms with E-state index in [4.69, 9.17) is 16.3 Å². The van der Waals surface area contributed by atoms with Crippen molar-refractivity contribution in [1.29, 1.82) is 0 Å². The Morgan fingerprint density at radius 3 is 2.53 bits per heavy atom. The Labute approximate surface area is 109 Å². The molecule has 0 fully saturated rings. The minimum absolute atomic E-state index is 0.199. The highest BCUT2D eigenvalue weighted by molar-refractivity contribution is 6.32. The van der Waals surface area contributed by atoms with Crippen molar-refractivity contribution < 1.29 is 4.74 Å².